The summed E-state index contributed by atoms with van der Waals surface area (Å²) in [5.74, 6) is -0.567. The van der Waals surface area contributed by atoms with E-state index in [9.17, 15) is 19.3 Å². The molecule has 0 aliphatic heterocycles. The largest absolute Gasteiger partial charge is 0.333 e. The van der Waals surface area contributed by atoms with Gasteiger partial charge in [0.25, 0.3) is 11.2 Å². The van der Waals surface area contributed by atoms with Gasteiger partial charge in [0, 0.05) is 24.7 Å². The standard InChI is InChI=1S/C20H16FN5O3/c1-12-18(20(27)25(24(12)2)13-6-4-3-5-7-13)23-19-17-14(10-11-22-19)15(21)8-9-16(17)26(28)29/h3-11H,1-2H3,(H,22,23). The summed E-state index contributed by atoms with van der Waals surface area (Å²) in [6, 6.07) is 12.6. The van der Waals surface area contributed by atoms with Crippen molar-refractivity contribution in [3.05, 3.63) is 86.7 Å². The second kappa shape index (κ2) is 6.86. The van der Waals surface area contributed by atoms with Crippen LogP contribution in [-0.2, 0) is 7.05 Å². The maximum atomic E-state index is 14.2. The molecule has 8 nitrogen and oxygen atoms in total. The van der Waals surface area contributed by atoms with E-state index in [0.29, 0.717) is 11.4 Å². The van der Waals surface area contributed by atoms with E-state index in [1.165, 1.54) is 16.9 Å². The minimum absolute atomic E-state index is 0.00594. The number of nitro benzene ring substituents is 1. The van der Waals surface area contributed by atoms with Gasteiger partial charge < -0.3 is 5.32 Å². The zero-order valence-corrected chi connectivity index (χ0v) is 15.6. The number of hydrogen-bond donors (Lipinski definition) is 1. The molecule has 0 saturated carbocycles. The number of halogens is 1. The third-order valence-electron chi connectivity index (χ3n) is 4.85. The minimum Gasteiger partial charge on any atom is -0.333 e. The lowest BCUT2D eigenvalue weighted by atomic mass is 10.1. The van der Waals surface area contributed by atoms with Crippen molar-refractivity contribution in [3.63, 3.8) is 0 Å². The van der Waals surface area contributed by atoms with Gasteiger partial charge in [-0.1, -0.05) is 18.2 Å². The summed E-state index contributed by atoms with van der Waals surface area (Å²) < 4.78 is 17.4. The fraction of sp³-hybridized carbons (Fsp3) is 0.100. The molecule has 0 bridgehead atoms. The summed E-state index contributed by atoms with van der Waals surface area (Å²) in [6.45, 7) is 1.74. The number of nitro groups is 1. The number of pyridine rings is 1. The number of rotatable bonds is 4. The quantitative estimate of drug-likeness (QED) is 0.420. The molecule has 0 saturated heterocycles. The number of benzene rings is 2. The van der Waals surface area contributed by atoms with E-state index in [1.54, 1.807) is 30.8 Å². The Balaban J connectivity index is 1.93. The molecule has 2 aromatic heterocycles. The van der Waals surface area contributed by atoms with Crippen LogP contribution in [0.25, 0.3) is 16.5 Å². The lowest BCUT2D eigenvalue weighted by Gasteiger charge is -2.09. The maximum Gasteiger partial charge on any atom is 0.295 e. The zero-order valence-electron chi connectivity index (χ0n) is 15.6. The Hall–Kier alpha value is -4.01. The van der Waals surface area contributed by atoms with E-state index < -0.39 is 10.7 Å². The van der Waals surface area contributed by atoms with Crippen LogP contribution in [0.1, 0.15) is 5.69 Å². The van der Waals surface area contributed by atoms with Crippen LogP contribution in [-0.4, -0.2) is 19.3 Å². The highest BCUT2D eigenvalue weighted by Gasteiger charge is 2.22. The molecule has 0 radical (unpaired) electrons. The number of hydrogen-bond acceptors (Lipinski definition) is 5. The molecule has 0 amide bonds. The number of non-ortho nitro benzene ring substituents is 1. The van der Waals surface area contributed by atoms with Gasteiger partial charge in [0.15, 0.2) is 0 Å². The average molecular weight is 393 g/mol. The van der Waals surface area contributed by atoms with Crippen LogP contribution in [0.3, 0.4) is 0 Å². The topological polar surface area (TPSA) is 95.0 Å². The predicted octanol–water partition coefficient (Wildman–Crippen LogP) is 3.82. The molecule has 2 heterocycles. The Labute approximate surface area is 164 Å². The van der Waals surface area contributed by atoms with Gasteiger partial charge in [-0.05, 0) is 31.2 Å². The molecule has 1 N–H and O–H groups in total. The fourth-order valence-electron chi connectivity index (χ4n) is 3.32. The van der Waals surface area contributed by atoms with E-state index in [-0.39, 0.29) is 33.5 Å². The lowest BCUT2D eigenvalue weighted by Crippen LogP contribution is -2.20. The monoisotopic (exact) mass is 393 g/mol. The molecule has 4 rings (SSSR count). The molecule has 0 fully saturated rings. The van der Waals surface area contributed by atoms with Crippen molar-refractivity contribution in [1.82, 2.24) is 14.3 Å². The van der Waals surface area contributed by atoms with Gasteiger partial charge in [-0.3, -0.25) is 19.6 Å². The van der Waals surface area contributed by atoms with E-state index in [1.807, 2.05) is 18.2 Å². The van der Waals surface area contributed by atoms with Crippen molar-refractivity contribution in [2.45, 2.75) is 6.92 Å². The third-order valence-corrected chi connectivity index (χ3v) is 4.85. The molecule has 4 aromatic rings. The summed E-state index contributed by atoms with van der Waals surface area (Å²) >= 11 is 0. The number of para-hydroxylation sites is 1. The van der Waals surface area contributed by atoms with Gasteiger partial charge in [-0.2, -0.15) is 0 Å². The third kappa shape index (κ3) is 2.92. The van der Waals surface area contributed by atoms with Crippen LogP contribution in [0, 0.1) is 22.9 Å². The first-order chi connectivity index (χ1) is 13.9. The van der Waals surface area contributed by atoms with E-state index in [4.69, 9.17) is 0 Å². The zero-order chi connectivity index (χ0) is 20.7. The molecule has 29 heavy (non-hydrogen) atoms. The molecule has 0 aliphatic carbocycles. The summed E-state index contributed by atoms with van der Waals surface area (Å²) in [7, 11) is 1.73. The van der Waals surface area contributed by atoms with Crippen LogP contribution in [0.2, 0.25) is 0 Å². The molecular formula is C20H16FN5O3. The summed E-state index contributed by atoms with van der Waals surface area (Å²) in [5.41, 5.74) is 0.814. The molecule has 146 valence electrons. The van der Waals surface area contributed by atoms with Gasteiger partial charge in [0.2, 0.25) is 0 Å². The van der Waals surface area contributed by atoms with Crippen LogP contribution >= 0.6 is 0 Å². The number of nitrogens with zero attached hydrogens (tertiary/aromatic N) is 4. The summed E-state index contributed by atoms with van der Waals surface area (Å²) in [4.78, 5) is 28.1. The fourth-order valence-corrected chi connectivity index (χ4v) is 3.32. The van der Waals surface area contributed by atoms with Gasteiger partial charge >= 0.3 is 0 Å². The first-order valence-electron chi connectivity index (χ1n) is 8.73. The molecule has 2 aromatic carbocycles. The number of fused-ring (bicyclic) bond motifs is 1. The van der Waals surface area contributed by atoms with E-state index in [0.717, 1.165) is 12.1 Å². The highest BCUT2D eigenvalue weighted by atomic mass is 19.1. The number of aromatic nitrogens is 3. The molecular weight excluding hydrogens is 377 g/mol. The molecule has 0 spiro atoms. The van der Waals surface area contributed by atoms with Crippen molar-refractivity contribution >= 4 is 28.0 Å². The SMILES string of the molecule is Cc1c(Nc2nccc3c(F)ccc([N+](=O)[O-])c23)c(=O)n(-c2ccccc2)n1C. The number of anilines is 2. The van der Waals surface area contributed by atoms with Crippen molar-refractivity contribution in [1.29, 1.82) is 0 Å². The van der Waals surface area contributed by atoms with Gasteiger partial charge in [0.05, 0.1) is 16.3 Å². The highest BCUT2D eigenvalue weighted by Crippen LogP contribution is 2.34. The van der Waals surface area contributed by atoms with Crippen molar-refractivity contribution in [2.75, 3.05) is 5.32 Å². The van der Waals surface area contributed by atoms with Crippen LogP contribution in [0.5, 0.6) is 0 Å². The smallest absolute Gasteiger partial charge is 0.295 e. The Bertz CT molecular complexity index is 1310. The van der Waals surface area contributed by atoms with E-state index >= 15 is 0 Å². The minimum atomic E-state index is -0.609. The Morgan fingerprint density at radius 3 is 2.55 bits per heavy atom. The van der Waals surface area contributed by atoms with Crippen molar-refractivity contribution < 1.29 is 9.31 Å². The molecule has 0 atom stereocenters. The first kappa shape index (κ1) is 18.4. The van der Waals surface area contributed by atoms with Crippen molar-refractivity contribution in [3.8, 4) is 5.69 Å². The Kier molecular flexibility index (Phi) is 4.34. The Morgan fingerprint density at radius 1 is 1.14 bits per heavy atom. The van der Waals surface area contributed by atoms with Gasteiger partial charge in [-0.25, -0.2) is 14.1 Å². The summed E-state index contributed by atoms with van der Waals surface area (Å²) in [5, 5.41) is 14.4. The van der Waals surface area contributed by atoms with Crippen molar-refractivity contribution in [2.24, 2.45) is 7.05 Å². The highest BCUT2D eigenvalue weighted by molar-refractivity contribution is 6.00. The number of nitrogens with one attached hydrogen (secondary N) is 1. The molecule has 0 unspecified atom stereocenters. The van der Waals surface area contributed by atoms with Gasteiger partial charge in [-0.15, -0.1) is 0 Å². The van der Waals surface area contributed by atoms with Crippen LogP contribution < -0.4 is 10.9 Å². The summed E-state index contributed by atoms with van der Waals surface area (Å²) in [6.07, 6.45) is 1.34. The maximum absolute atomic E-state index is 14.2. The van der Waals surface area contributed by atoms with Crippen LogP contribution in [0.4, 0.5) is 21.6 Å². The molecule has 9 heteroatoms. The average Bonchev–Trinajstić information content (AvgIpc) is 2.92. The second-order valence-electron chi connectivity index (χ2n) is 6.47. The predicted molar refractivity (Wildman–Crippen MR) is 107 cm³/mol. The Morgan fingerprint density at radius 2 is 1.86 bits per heavy atom. The van der Waals surface area contributed by atoms with E-state index in [2.05, 4.69) is 10.3 Å². The molecule has 0 aliphatic rings. The lowest BCUT2D eigenvalue weighted by molar-refractivity contribution is -0.383. The normalized spacial score (nSPS) is 11.0. The second-order valence-corrected chi connectivity index (χ2v) is 6.47. The van der Waals surface area contributed by atoms with Gasteiger partial charge in [0.1, 0.15) is 22.7 Å². The van der Waals surface area contributed by atoms with Crippen LogP contribution in [0.15, 0.2) is 59.5 Å². The first-order valence-corrected chi connectivity index (χ1v) is 8.73.